The van der Waals surface area contributed by atoms with Gasteiger partial charge in [0.2, 0.25) is 0 Å². The Kier molecular flexibility index (Phi) is 6.39. The van der Waals surface area contributed by atoms with E-state index in [0.29, 0.717) is 0 Å². The maximum Gasteiger partial charge on any atom is 0.0420 e. The minimum atomic E-state index is 0. The van der Waals surface area contributed by atoms with E-state index in [1.165, 1.54) is 17.6 Å². The van der Waals surface area contributed by atoms with Gasteiger partial charge in [-0.25, -0.2) is 0 Å². The molecule has 0 unspecified atom stereocenters. The maximum absolute atomic E-state index is 5.24. The van der Waals surface area contributed by atoms with Gasteiger partial charge >= 0.3 is 0 Å². The van der Waals surface area contributed by atoms with Crippen molar-refractivity contribution in [2.24, 2.45) is 5.73 Å². The van der Waals surface area contributed by atoms with Crippen LogP contribution in [0.15, 0.2) is 36.0 Å². The molecule has 1 saturated carbocycles. The molecule has 0 spiro atoms. The van der Waals surface area contributed by atoms with E-state index in [1.54, 1.807) is 6.54 Å². The average molecular weight is 166 g/mol. The summed E-state index contributed by atoms with van der Waals surface area (Å²) in [5, 5.41) is 0. The molecule has 0 saturated heterocycles. The molecule has 0 aliphatic heterocycles. The third-order valence-corrected chi connectivity index (χ3v) is 1.69. The fourth-order valence-corrected chi connectivity index (χ4v) is 1.05. The second-order valence-corrected chi connectivity index (χ2v) is 2.31. The third-order valence-electron chi connectivity index (χ3n) is 1.69. The van der Waals surface area contributed by atoms with E-state index in [-0.39, 0.29) is 1.43 Å². The molecule has 1 aliphatic carbocycles. The zero-order chi connectivity index (χ0) is 9.40. The largest absolute Gasteiger partial charge is 0.323 e. The first kappa shape index (κ1) is 11.2. The lowest BCUT2D eigenvalue weighted by atomic mass is 9.85. The first-order valence-electron chi connectivity index (χ1n) is 4.44. The topological polar surface area (TPSA) is 26.0 Å². The fraction of sp³-hybridized carbons (Fsp3) is 0.364. The molecule has 1 radical (unpaired) electrons. The van der Waals surface area contributed by atoms with Crippen LogP contribution in [0, 0.1) is 6.54 Å². The number of hydrogen-bond donors (Lipinski definition) is 1. The molecule has 0 heterocycles. The Labute approximate surface area is 77.1 Å². The summed E-state index contributed by atoms with van der Waals surface area (Å²) in [5.41, 5.74) is 7.96. The van der Waals surface area contributed by atoms with Crippen molar-refractivity contribution in [3.8, 4) is 0 Å². The van der Waals surface area contributed by atoms with E-state index >= 15 is 0 Å². The predicted octanol–water partition coefficient (Wildman–Crippen LogP) is 3.21. The highest BCUT2D eigenvalue weighted by molar-refractivity contribution is 5.42. The predicted molar refractivity (Wildman–Crippen MR) is 57.5 cm³/mol. The summed E-state index contributed by atoms with van der Waals surface area (Å²) in [6.07, 6.45) is 8.15. The Morgan fingerprint density at radius 1 is 1.25 bits per heavy atom. The summed E-state index contributed by atoms with van der Waals surface area (Å²) in [6.45, 7) is 9.22. The van der Waals surface area contributed by atoms with Gasteiger partial charge in [-0.2, -0.15) is 0 Å². The van der Waals surface area contributed by atoms with Crippen LogP contribution in [0.3, 0.4) is 0 Å². The van der Waals surface area contributed by atoms with E-state index in [4.69, 9.17) is 5.73 Å². The lowest BCUT2D eigenvalue weighted by molar-refractivity contribution is 0.822. The van der Waals surface area contributed by atoms with Gasteiger partial charge in [-0.15, -0.1) is 0 Å². The van der Waals surface area contributed by atoms with Crippen LogP contribution in [-0.4, -0.2) is 0 Å². The highest BCUT2D eigenvalue weighted by Crippen LogP contribution is 2.32. The SMILES string of the molecule is C=C/C=C1/CC/C1=C/[CH]N.CC.[HH]. The van der Waals surface area contributed by atoms with Crippen molar-refractivity contribution in [2.45, 2.75) is 26.7 Å². The summed E-state index contributed by atoms with van der Waals surface area (Å²) in [5.74, 6) is 0. The molecule has 1 heteroatoms. The lowest BCUT2D eigenvalue weighted by Gasteiger charge is -2.20. The van der Waals surface area contributed by atoms with Crippen LogP contribution in [-0.2, 0) is 0 Å². The Morgan fingerprint density at radius 2 is 1.75 bits per heavy atom. The number of nitrogens with two attached hydrogens (primary N) is 1. The van der Waals surface area contributed by atoms with E-state index in [2.05, 4.69) is 6.58 Å². The average Bonchev–Trinajstić information content (AvgIpc) is 2.12. The van der Waals surface area contributed by atoms with Crippen LogP contribution >= 0.6 is 0 Å². The summed E-state index contributed by atoms with van der Waals surface area (Å²) >= 11 is 0. The first-order chi connectivity index (χ1) is 5.88. The van der Waals surface area contributed by atoms with Crippen LogP contribution in [0.4, 0.5) is 0 Å². The van der Waals surface area contributed by atoms with Gasteiger partial charge in [0.15, 0.2) is 0 Å². The number of hydrogen-bond acceptors (Lipinski definition) is 1. The Morgan fingerprint density at radius 3 is 2.08 bits per heavy atom. The minimum Gasteiger partial charge on any atom is -0.323 e. The molecule has 1 nitrogen and oxygen atoms in total. The molecular formula is C11H20N. The smallest absolute Gasteiger partial charge is 0.0420 e. The third kappa shape index (κ3) is 3.05. The van der Waals surface area contributed by atoms with Crippen molar-refractivity contribution in [3.05, 3.63) is 42.5 Å². The van der Waals surface area contributed by atoms with Crippen molar-refractivity contribution in [3.63, 3.8) is 0 Å². The molecule has 2 N–H and O–H groups in total. The van der Waals surface area contributed by atoms with Crippen LogP contribution in [0.1, 0.15) is 28.1 Å². The van der Waals surface area contributed by atoms with Gasteiger partial charge in [0.25, 0.3) is 0 Å². The fourth-order valence-electron chi connectivity index (χ4n) is 1.05. The van der Waals surface area contributed by atoms with Gasteiger partial charge in [-0.3, -0.25) is 0 Å². The molecule has 0 atom stereocenters. The molecule has 0 bridgehead atoms. The van der Waals surface area contributed by atoms with E-state index in [9.17, 15) is 0 Å². The van der Waals surface area contributed by atoms with Crippen molar-refractivity contribution >= 4 is 0 Å². The molecule has 0 aromatic carbocycles. The molecule has 0 amide bonds. The summed E-state index contributed by atoms with van der Waals surface area (Å²) in [4.78, 5) is 0. The Bertz CT molecular complexity index is 192. The summed E-state index contributed by atoms with van der Waals surface area (Å²) in [6, 6.07) is 0. The van der Waals surface area contributed by atoms with Crippen molar-refractivity contribution in [1.29, 1.82) is 0 Å². The van der Waals surface area contributed by atoms with Gasteiger partial charge in [0, 0.05) is 7.97 Å². The monoisotopic (exact) mass is 166 g/mol. The number of allylic oxidation sites excluding steroid dienone is 4. The van der Waals surface area contributed by atoms with Gasteiger partial charge in [-0.05, 0) is 24.0 Å². The lowest BCUT2D eigenvalue weighted by Crippen LogP contribution is -2.03. The molecule has 1 fully saturated rings. The van der Waals surface area contributed by atoms with E-state index < -0.39 is 0 Å². The first-order valence-corrected chi connectivity index (χ1v) is 4.44. The molecule has 69 valence electrons. The molecule has 1 aliphatic rings. The summed E-state index contributed by atoms with van der Waals surface area (Å²) < 4.78 is 0. The molecule has 1 rings (SSSR count). The van der Waals surface area contributed by atoms with Gasteiger partial charge in [0.05, 0.1) is 0 Å². The van der Waals surface area contributed by atoms with Crippen molar-refractivity contribution in [2.75, 3.05) is 0 Å². The van der Waals surface area contributed by atoms with E-state index in [1.807, 2.05) is 32.1 Å². The highest BCUT2D eigenvalue weighted by Gasteiger charge is 2.13. The van der Waals surface area contributed by atoms with Crippen LogP contribution in [0.5, 0.6) is 0 Å². The minimum absolute atomic E-state index is 0. The Hall–Kier alpha value is -0.820. The Balaban J connectivity index is 0. The molecule has 0 aromatic heterocycles. The van der Waals surface area contributed by atoms with Gasteiger partial charge in [0.1, 0.15) is 0 Å². The zero-order valence-corrected chi connectivity index (χ0v) is 8.01. The zero-order valence-electron chi connectivity index (χ0n) is 8.01. The van der Waals surface area contributed by atoms with E-state index in [0.717, 1.165) is 6.42 Å². The highest BCUT2D eigenvalue weighted by atomic mass is 14.5. The molecular weight excluding hydrogens is 146 g/mol. The second-order valence-electron chi connectivity index (χ2n) is 2.31. The number of rotatable bonds is 2. The quantitative estimate of drug-likeness (QED) is 0.669. The van der Waals surface area contributed by atoms with Crippen LogP contribution in [0.2, 0.25) is 0 Å². The summed E-state index contributed by atoms with van der Waals surface area (Å²) in [7, 11) is 0. The van der Waals surface area contributed by atoms with Gasteiger partial charge in [-0.1, -0.05) is 38.7 Å². The van der Waals surface area contributed by atoms with Crippen LogP contribution < -0.4 is 5.73 Å². The maximum atomic E-state index is 5.24. The molecule has 0 aromatic rings. The van der Waals surface area contributed by atoms with Crippen molar-refractivity contribution in [1.82, 2.24) is 0 Å². The van der Waals surface area contributed by atoms with Gasteiger partial charge < -0.3 is 5.73 Å². The molecule has 12 heavy (non-hydrogen) atoms. The van der Waals surface area contributed by atoms with Crippen molar-refractivity contribution < 1.29 is 1.43 Å². The normalized spacial score (nSPS) is 21.2. The standard InChI is InChI=1S/C9H12N.C2H6.H2/c1-2-3-8-4-5-9(8)6-7-10;1-2;/h2-3,6-7H,1,4-5,10H2;1-2H3;1H/b8-3-,9-6-;;. The second kappa shape index (κ2) is 6.86. The van der Waals surface area contributed by atoms with Crippen LogP contribution in [0.25, 0.3) is 0 Å².